The van der Waals surface area contributed by atoms with E-state index in [9.17, 15) is 14.4 Å². The Hall–Kier alpha value is -4.01. The van der Waals surface area contributed by atoms with E-state index in [-0.39, 0.29) is 24.7 Å². The summed E-state index contributed by atoms with van der Waals surface area (Å²) in [6.07, 6.45) is 2.34. The molecule has 1 saturated heterocycles. The molecule has 0 aliphatic carbocycles. The number of urea groups is 1. The van der Waals surface area contributed by atoms with Crippen LogP contribution in [0, 0.1) is 0 Å². The van der Waals surface area contributed by atoms with Crippen LogP contribution >= 0.6 is 0 Å². The van der Waals surface area contributed by atoms with Gasteiger partial charge in [-0.15, -0.1) is 0 Å². The van der Waals surface area contributed by atoms with Crippen LogP contribution in [-0.4, -0.2) is 49.2 Å². The van der Waals surface area contributed by atoms with Gasteiger partial charge in [0.05, 0.1) is 19.9 Å². The predicted molar refractivity (Wildman–Crippen MR) is 124 cm³/mol. The van der Waals surface area contributed by atoms with Gasteiger partial charge in [-0.25, -0.2) is 9.69 Å². The number of anilines is 1. The molecule has 1 aliphatic rings. The first-order valence-electron chi connectivity index (χ1n) is 10.7. The summed E-state index contributed by atoms with van der Waals surface area (Å²) >= 11 is 0. The Labute approximate surface area is 191 Å². The lowest BCUT2D eigenvalue weighted by Gasteiger charge is -2.13. The summed E-state index contributed by atoms with van der Waals surface area (Å²) in [5.41, 5.74) is 1.52. The van der Waals surface area contributed by atoms with E-state index < -0.39 is 12.1 Å². The van der Waals surface area contributed by atoms with E-state index in [1.807, 2.05) is 30.5 Å². The number of benzene rings is 2. The summed E-state index contributed by atoms with van der Waals surface area (Å²) < 4.78 is 12.4. The van der Waals surface area contributed by atoms with Crippen LogP contribution in [0.1, 0.15) is 12.8 Å². The van der Waals surface area contributed by atoms with Gasteiger partial charge in [0.15, 0.2) is 0 Å². The van der Waals surface area contributed by atoms with Crippen LogP contribution in [0.15, 0.2) is 54.7 Å². The Morgan fingerprint density at radius 1 is 1.03 bits per heavy atom. The lowest BCUT2D eigenvalue weighted by atomic mass is 10.1. The number of imide groups is 1. The van der Waals surface area contributed by atoms with Gasteiger partial charge >= 0.3 is 6.03 Å². The van der Waals surface area contributed by atoms with Gasteiger partial charge in [0, 0.05) is 36.6 Å². The molecule has 1 aromatic heterocycles. The second-order valence-corrected chi connectivity index (χ2v) is 7.70. The minimum Gasteiger partial charge on any atom is -0.497 e. The molecule has 4 rings (SSSR count). The fourth-order valence-corrected chi connectivity index (χ4v) is 3.88. The molecule has 3 aromatic rings. The molecule has 4 amide bonds. The first-order chi connectivity index (χ1) is 16.0. The zero-order valence-corrected chi connectivity index (χ0v) is 18.5. The van der Waals surface area contributed by atoms with Crippen molar-refractivity contribution in [3.8, 4) is 11.5 Å². The maximum atomic E-state index is 12.7. The molecule has 2 N–H and O–H groups in total. The molecule has 1 atom stereocenters. The van der Waals surface area contributed by atoms with Crippen molar-refractivity contribution in [3.05, 3.63) is 54.7 Å². The second-order valence-electron chi connectivity index (χ2n) is 7.70. The smallest absolute Gasteiger partial charge is 0.329 e. The number of nitrogens with one attached hydrogen (secondary N) is 2. The monoisotopic (exact) mass is 450 g/mol. The number of rotatable bonds is 9. The number of nitrogens with zero attached hydrogens (tertiary/aromatic N) is 2. The maximum absolute atomic E-state index is 12.7. The number of hydrogen-bond donors (Lipinski definition) is 2. The van der Waals surface area contributed by atoms with Crippen LogP contribution in [0.4, 0.5) is 10.5 Å². The molecule has 2 aromatic carbocycles. The molecule has 0 spiro atoms. The largest absolute Gasteiger partial charge is 0.497 e. The number of carbonyl (C=O) groups excluding carboxylic acids is 3. The van der Waals surface area contributed by atoms with Gasteiger partial charge in [0.2, 0.25) is 5.91 Å². The summed E-state index contributed by atoms with van der Waals surface area (Å²) in [4.78, 5) is 38.4. The van der Waals surface area contributed by atoms with E-state index in [0.29, 0.717) is 24.5 Å². The van der Waals surface area contributed by atoms with E-state index in [1.54, 1.807) is 38.5 Å². The predicted octanol–water partition coefficient (Wildman–Crippen LogP) is 2.68. The van der Waals surface area contributed by atoms with Crippen molar-refractivity contribution in [3.63, 3.8) is 0 Å². The van der Waals surface area contributed by atoms with Crippen LogP contribution in [0.2, 0.25) is 0 Å². The SMILES string of the molecule is COc1ccc(N2C(=O)N[C@@H](CCC(=O)NCCn3ccc4cc(OC)ccc43)C2=O)cc1. The number of methoxy groups -OCH3 is 2. The van der Waals surface area contributed by atoms with Gasteiger partial charge in [-0.05, 0) is 55.0 Å². The van der Waals surface area contributed by atoms with E-state index >= 15 is 0 Å². The van der Waals surface area contributed by atoms with Crippen molar-refractivity contribution in [2.45, 2.75) is 25.4 Å². The summed E-state index contributed by atoms with van der Waals surface area (Å²) in [5, 5.41) is 6.60. The maximum Gasteiger partial charge on any atom is 0.329 e. The molecule has 0 saturated carbocycles. The third-order valence-electron chi connectivity index (χ3n) is 5.66. The van der Waals surface area contributed by atoms with Gasteiger partial charge < -0.3 is 24.7 Å². The first kappa shape index (κ1) is 22.2. The molecule has 9 nitrogen and oxygen atoms in total. The second kappa shape index (κ2) is 9.64. The number of aromatic nitrogens is 1. The molecule has 0 unspecified atom stereocenters. The van der Waals surface area contributed by atoms with Crippen LogP contribution in [-0.2, 0) is 16.1 Å². The molecule has 9 heteroatoms. The van der Waals surface area contributed by atoms with Crippen LogP contribution in [0.3, 0.4) is 0 Å². The third kappa shape index (κ3) is 4.77. The Morgan fingerprint density at radius 3 is 2.48 bits per heavy atom. The topological polar surface area (TPSA) is 102 Å². The van der Waals surface area contributed by atoms with E-state index in [2.05, 4.69) is 15.2 Å². The summed E-state index contributed by atoms with van der Waals surface area (Å²) in [6, 6.07) is 13.3. The first-order valence-corrected chi connectivity index (χ1v) is 10.7. The minimum absolute atomic E-state index is 0.136. The highest BCUT2D eigenvalue weighted by Gasteiger charge is 2.38. The van der Waals surface area contributed by atoms with E-state index in [0.717, 1.165) is 21.6 Å². The average Bonchev–Trinajstić information content (AvgIpc) is 3.36. The number of amides is 4. The van der Waals surface area contributed by atoms with E-state index in [1.165, 1.54) is 0 Å². The molecule has 2 heterocycles. The van der Waals surface area contributed by atoms with Crippen LogP contribution in [0.25, 0.3) is 10.9 Å². The normalized spacial score (nSPS) is 15.6. The van der Waals surface area contributed by atoms with Crippen molar-refractivity contribution < 1.29 is 23.9 Å². The van der Waals surface area contributed by atoms with Crippen molar-refractivity contribution in [1.29, 1.82) is 0 Å². The average molecular weight is 450 g/mol. The highest BCUT2D eigenvalue weighted by Crippen LogP contribution is 2.24. The molecular formula is C24H26N4O5. The van der Waals surface area contributed by atoms with Gasteiger partial charge in [-0.1, -0.05) is 0 Å². The lowest BCUT2D eigenvalue weighted by Crippen LogP contribution is -2.33. The molecule has 1 fully saturated rings. The van der Waals surface area contributed by atoms with Gasteiger partial charge in [0.1, 0.15) is 17.5 Å². The number of hydrogen-bond acceptors (Lipinski definition) is 5. The van der Waals surface area contributed by atoms with Crippen molar-refractivity contribution in [2.75, 3.05) is 25.7 Å². The molecule has 33 heavy (non-hydrogen) atoms. The zero-order chi connectivity index (χ0) is 23.4. The summed E-state index contributed by atoms with van der Waals surface area (Å²) in [5.74, 6) is 0.893. The van der Waals surface area contributed by atoms with Crippen LogP contribution < -0.4 is 25.0 Å². The molecule has 172 valence electrons. The molecule has 1 aliphatic heterocycles. The van der Waals surface area contributed by atoms with Crippen molar-refractivity contribution in [2.24, 2.45) is 0 Å². The number of ether oxygens (including phenoxy) is 2. The van der Waals surface area contributed by atoms with Gasteiger partial charge in [0.25, 0.3) is 5.91 Å². The van der Waals surface area contributed by atoms with Crippen LogP contribution in [0.5, 0.6) is 11.5 Å². The summed E-state index contributed by atoms with van der Waals surface area (Å²) in [7, 11) is 3.18. The standard InChI is InChI=1S/C24H26N4O5/c1-32-18-5-3-17(4-6-18)28-23(30)20(26-24(28)31)8-10-22(29)25-12-14-27-13-11-16-15-19(33-2)7-9-21(16)27/h3-7,9,11,13,15,20H,8,10,12,14H2,1-2H3,(H,25,29)(H,26,31)/t20-/m0/s1. The molecule has 0 bridgehead atoms. The number of fused-ring (bicyclic) bond motifs is 1. The Kier molecular flexibility index (Phi) is 6.48. The highest BCUT2D eigenvalue weighted by molar-refractivity contribution is 6.21. The quantitative estimate of drug-likeness (QED) is 0.488. The Morgan fingerprint density at radius 2 is 1.76 bits per heavy atom. The lowest BCUT2D eigenvalue weighted by molar-refractivity contribution is -0.121. The zero-order valence-electron chi connectivity index (χ0n) is 18.5. The fourth-order valence-electron chi connectivity index (χ4n) is 3.88. The fraction of sp³-hybridized carbons (Fsp3) is 0.292. The molecular weight excluding hydrogens is 424 g/mol. The number of carbonyl (C=O) groups is 3. The van der Waals surface area contributed by atoms with Gasteiger partial charge in [-0.2, -0.15) is 0 Å². The third-order valence-corrected chi connectivity index (χ3v) is 5.66. The van der Waals surface area contributed by atoms with Crippen molar-refractivity contribution in [1.82, 2.24) is 15.2 Å². The summed E-state index contributed by atoms with van der Waals surface area (Å²) in [6.45, 7) is 1.07. The van der Waals surface area contributed by atoms with Gasteiger partial charge in [-0.3, -0.25) is 9.59 Å². The Balaban J connectivity index is 1.26. The highest BCUT2D eigenvalue weighted by atomic mass is 16.5. The Bertz CT molecular complexity index is 1170. The van der Waals surface area contributed by atoms with Crippen molar-refractivity contribution >= 4 is 34.4 Å². The molecule has 0 radical (unpaired) electrons. The minimum atomic E-state index is -0.728. The van der Waals surface area contributed by atoms with E-state index in [4.69, 9.17) is 9.47 Å².